The highest BCUT2D eigenvalue weighted by molar-refractivity contribution is 5.07. The SMILES string of the molecule is CCC(C)n1ccc(CC2(O)CCCC2C)n1. The molecule has 96 valence electrons. The van der Waals surface area contributed by atoms with Crippen molar-refractivity contribution in [3.63, 3.8) is 0 Å². The summed E-state index contributed by atoms with van der Waals surface area (Å²) in [4.78, 5) is 0. The molecule has 0 bridgehead atoms. The van der Waals surface area contributed by atoms with E-state index < -0.39 is 5.60 Å². The Hall–Kier alpha value is -0.830. The van der Waals surface area contributed by atoms with Crippen molar-refractivity contribution in [2.75, 3.05) is 0 Å². The van der Waals surface area contributed by atoms with Gasteiger partial charge in [-0.05, 0) is 38.2 Å². The first-order valence-corrected chi connectivity index (χ1v) is 6.81. The first-order valence-electron chi connectivity index (χ1n) is 6.81. The third-order valence-electron chi connectivity index (χ3n) is 4.36. The minimum Gasteiger partial charge on any atom is -0.389 e. The first kappa shape index (κ1) is 12.6. The minimum absolute atomic E-state index is 0.399. The standard InChI is InChI=1S/C14H24N2O/c1-4-12(3)16-9-7-13(15-16)10-14(17)8-5-6-11(14)2/h7,9,11-12,17H,4-6,8,10H2,1-3H3. The van der Waals surface area contributed by atoms with Crippen LogP contribution < -0.4 is 0 Å². The predicted octanol–water partition coefficient (Wildman–Crippen LogP) is 2.95. The van der Waals surface area contributed by atoms with Crippen molar-refractivity contribution in [1.29, 1.82) is 0 Å². The Morgan fingerprint density at radius 2 is 2.41 bits per heavy atom. The minimum atomic E-state index is -0.519. The normalized spacial score (nSPS) is 30.7. The van der Waals surface area contributed by atoms with Crippen molar-refractivity contribution >= 4 is 0 Å². The lowest BCUT2D eigenvalue weighted by Crippen LogP contribution is -2.34. The Kier molecular flexibility index (Phi) is 3.57. The van der Waals surface area contributed by atoms with Crippen molar-refractivity contribution in [3.8, 4) is 0 Å². The summed E-state index contributed by atoms with van der Waals surface area (Å²) in [5.41, 5.74) is 0.510. The van der Waals surface area contributed by atoms with Crippen molar-refractivity contribution in [2.24, 2.45) is 5.92 Å². The maximum atomic E-state index is 10.6. The van der Waals surface area contributed by atoms with Gasteiger partial charge in [0.05, 0.1) is 11.3 Å². The number of aliphatic hydroxyl groups is 1. The Morgan fingerprint density at radius 3 is 3.00 bits per heavy atom. The quantitative estimate of drug-likeness (QED) is 0.872. The van der Waals surface area contributed by atoms with Crippen molar-refractivity contribution in [1.82, 2.24) is 9.78 Å². The highest BCUT2D eigenvalue weighted by atomic mass is 16.3. The van der Waals surface area contributed by atoms with Gasteiger partial charge in [-0.3, -0.25) is 4.68 Å². The average molecular weight is 236 g/mol. The number of nitrogens with zero attached hydrogens (tertiary/aromatic N) is 2. The van der Waals surface area contributed by atoms with Gasteiger partial charge in [-0.25, -0.2) is 0 Å². The second kappa shape index (κ2) is 4.81. The summed E-state index contributed by atoms with van der Waals surface area (Å²) in [6.07, 6.45) is 7.03. The van der Waals surface area contributed by atoms with E-state index in [0.29, 0.717) is 18.4 Å². The van der Waals surface area contributed by atoms with E-state index in [9.17, 15) is 5.11 Å². The van der Waals surface area contributed by atoms with Crippen LogP contribution in [0.15, 0.2) is 12.3 Å². The second-order valence-corrected chi connectivity index (χ2v) is 5.62. The van der Waals surface area contributed by atoms with Gasteiger partial charge in [0.1, 0.15) is 0 Å². The molecule has 0 spiro atoms. The molecule has 1 N–H and O–H groups in total. The molecule has 3 heteroatoms. The van der Waals surface area contributed by atoms with E-state index in [0.717, 1.165) is 31.4 Å². The van der Waals surface area contributed by atoms with Gasteiger partial charge in [0, 0.05) is 18.7 Å². The fourth-order valence-electron chi connectivity index (χ4n) is 2.71. The van der Waals surface area contributed by atoms with Crippen LogP contribution in [0.3, 0.4) is 0 Å². The number of hydrogen-bond acceptors (Lipinski definition) is 2. The molecule has 0 amide bonds. The van der Waals surface area contributed by atoms with Gasteiger partial charge in [-0.15, -0.1) is 0 Å². The fourth-order valence-corrected chi connectivity index (χ4v) is 2.71. The maximum Gasteiger partial charge on any atom is 0.0729 e. The maximum absolute atomic E-state index is 10.6. The molecule has 0 aliphatic heterocycles. The lowest BCUT2D eigenvalue weighted by Gasteiger charge is -2.26. The molecule has 0 saturated heterocycles. The predicted molar refractivity (Wildman–Crippen MR) is 68.9 cm³/mol. The van der Waals surface area contributed by atoms with Gasteiger partial charge < -0.3 is 5.11 Å². The van der Waals surface area contributed by atoms with Crippen LogP contribution in [0.2, 0.25) is 0 Å². The van der Waals surface area contributed by atoms with Crippen LogP contribution >= 0.6 is 0 Å². The van der Waals surface area contributed by atoms with E-state index in [1.165, 1.54) is 0 Å². The monoisotopic (exact) mass is 236 g/mol. The van der Waals surface area contributed by atoms with Gasteiger partial charge in [-0.1, -0.05) is 20.3 Å². The number of rotatable bonds is 4. The summed E-state index contributed by atoms with van der Waals surface area (Å²) >= 11 is 0. The molecule has 3 unspecified atom stereocenters. The van der Waals surface area contributed by atoms with Crippen LogP contribution in [-0.4, -0.2) is 20.5 Å². The van der Waals surface area contributed by atoms with Crippen molar-refractivity contribution < 1.29 is 5.11 Å². The van der Waals surface area contributed by atoms with Gasteiger partial charge in [0.15, 0.2) is 0 Å². The molecular formula is C14H24N2O. The van der Waals surface area contributed by atoms with E-state index >= 15 is 0 Å². The molecule has 3 nitrogen and oxygen atoms in total. The molecular weight excluding hydrogens is 212 g/mol. The summed E-state index contributed by atoms with van der Waals surface area (Å²) in [5, 5.41) is 15.1. The molecule has 1 heterocycles. The van der Waals surface area contributed by atoms with Gasteiger partial charge >= 0.3 is 0 Å². The van der Waals surface area contributed by atoms with E-state index in [2.05, 4.69) is 31.9 Å². The van der Waals surface area contributed by atoms with E-state index in [4.69, 9.17) is 0 Å². The van der Waals surface area contributed by atoms with Crippen molar-refractivity contribution in [3.05, 3.63) is 18.0 Å². The Labute approximate surface area is 104 Å². The summed E-state index contributed by atoms with van der Waals surface area (Å²) in [6.45, 7) is 6.49. The van der Waals surface area contributed by atoms with Crippen LogP contribution in [0.4, 0.5) is 0 Å². The number of aromatic nitrogens is 2. The Morgan fingerprint density at radius 1 is 1.65 bits per heavy atom. The molecule has 0 aromatic carbocycles. The zero-order valence-corrected chi connectivity index (χ0v) is 11.2. The van der Waals surface area contributed by atoms with Gasteiger partial charge in [-0.2, -0.15) is 5.10 Å². The lowest BCUT2D eigenvalue weighted by atomic mass is 9.88. The van der Waals surface area contributed by atoms with Crippen molar-refractivity contribution in [2.45, 2.75) is 64.5 Å². The Balaban J connectivity index is 2.06. The summed E-state index contributed by atoms with van der Waals surface area (Å²) in [5.74, 6) is 0.399. The second-order valence-electron chi connectivity index (χ2n) is 5.62. The largest absolute Gasteiger partial charge is 0.389 e. The Bertz CT molecular complexity index is 374. The topological polar surface area (TPSA) is 38.0 Å². The molecule has 1 saturated carbocycles. The van der Waals surface area contributed by atoms with E-state index in [-0.39, 0.29) is 0 Å². The molecule has 3 atom stereocenters. The highest BCUT2D eigenvalue weighted by Crippen LogP contribution is 2.37. The smallest absolute Gasteiger partial charge is 0.0729 e. The highest BCUT2D eigenvalue weighted by Gasteiger charge is 2.38. The summed E-state index contributed by atoms with van der Waals surface area (Å²) in [7, 11) is 0. The molecule has 1 aliphatic carbocycles. The third kappa shape index (κ3) is 2.54. The molecule has 1 aromatic heterocycles. The van der Waals surface area contributed by atoms with Gasteiger partial charge in [0.2, 0.25) is 0 Å². The first-order chi connectivity index (χ1) is 8.05. The van der Waals surface area contributed by atoms with Crippen LogP contribution in [0.25, 0.3) is 0 Å². The molecule has 1 aliphatic rings. The zero-order valence-electron chi connectivity index (χ0n) is 11.2. The van der Waals surface area contributed by atoms with Crippen LogP contribution in [0, 0.1) is 5.92 Å². The molecule has 1 aromatic rings. The van der Waals surface area contributed by atoms with E-state index in [1.54, 1.807) is 0 Å². The lowest BCUT2D eigenvalue weighted by molar-refractivity contribution is 0.00857. The third-order valence-corrected chi connectivity index (χ3v) is 4.36. The van der Waals surface area contributed by atoms with E-state index in [1.807, 2.05) is 10.9 Å². The number of hydrogen-bond donors (Lipinski definition) is 1. The fraction of sp³-hybridized carbons (Fsp3) is 0.786. The van der Waals surface area contributed by atoms with Crippen LogP contribution in [0.1, 0.15) is 58.2 Å². The summed E-state index contributed by atoms with van der Waals surface area (Å²) in [6, 6.07) is 2.49. The molecule has 2 rings (SSSR count). The van der Waals surface area contributed by atoms with Crippen LogP contribution in [-0.2, 0) is 6.42 Å². The molecule has 17 heavy (non-hydrogen) atoms. The molecule has 0 radical (unpaired) electrons. The van der Waals surface area contributed by atoms with Gasteiger partial charge in [0.25, 0.3) is 0 Å². The average Bonchev–Trinajstić information content (AvgIpc) is 2.87. The molecule has 1 fully saturated rings. The van der Waals surface area contributed by atoms with Crippen LogP contribution in [0.5, 0.6) is 0 Å². The summed E-state index contributed by atoms with van der Waals surface area (Å²) < 4.78 is 2.01. The zero-order chi connectivity index (χ0) is 12.5.